The van der Waals surface area contributed by atoms with Crippen molar-refractivity contribution in [3.05, 3.63) is 53.7 Å². The zero-order valence-electron chi connectivity index (χ0n) is 19.4. The molecule has 0 aliphatic heterocycles. The number of nitrogens with zero attached hydrogens (tertiary/aromatic N) is 1. The zero-order chi connectivity index (χ0) is 25.1. The van der Waals surface area contributed by atoms with Crippen LogP contribution in [-0.4, -0.2) is 38.0 Å². The quantitative estimate of drug-likeness (QED) is 0.457. The number of carbonyl (C=O) groups excluding carboxylic acids is 1. The van der Waals surface area contributed by atoms with Crippen LogP contribution in [0.2, 0.25) is 0 Å². The van der Waals surface area contributed by atoms with Crippen LogP contribution in [0.15, 0.2) is 47.6 Å². The maximum Gasteiger partial charge on any atom is 0.421 e. The molecule has 2 N–H and O–H groups in total. The molecule has 3 rings (SSSR count). The zero-order valence-corrected chi connectivity index (χ0v) is 20.2. The molecule has 1 aliphatic rings. The molecule has 1 heterocycles. The van der Waals surface area contributed by atoms with E-state index in [1.807, 2.05) is 0 Å². The Morgan fingerprint density at radius 3 is 2.35 bits per heavy atom. The van der Waals surface area contributed by atoms with Gasteiger partial charge in [0.1, 0.15) is 5.03 Å². The van der Waals surface area contributed by atoms with E-state index in [0.29, 0.717) is 27.9 Å². The lowest BCUT2D eigenvalue weighted by atomic mass is 9.86. The molecule has 9 heteroatoms. The average Bonchev–Trinajstić information content (AvgIpc) is 3.55. The molecule has 1 aromatic carbocycles. The highest BCUT2D eigenvalue weighted by Crippen LogP contribution is 2.43. The molecule has 1 saturated carbocycles. The molecule has 34 heavy (non-hydrogen) atoms. The summed E-state index contributed by atoms with van der Waals surface area (Å²) in [5.41, 5.74) is -2.28. The van der Waals surface area contributed by atoms with Crippen LogP contribution < -0.4 is 5.32 Å². The largest absolute Gasteiger partial charge is 0.421 e. The number of pyridine rings is 1. The number of aliphatic hydroxyl groups is 1. The van der Waals surface area contributed by atoms with Gasteiger partial charge in [0.15, 0.2) is 5.60 Å². The van der Waals surface area contributed by atoms with Crippen LogP contribution in [0.25, 0.3) is 0 Å². The smallest absolute Gasteiger partial charge is 0.376 e. The fraction of sp³-hybridized carbons (Fsp3) is 0.480. The van der Waals surface area contributed by atoms with Gasteiger partial charge >= 0.3 is 6.18 Å². The van der Waals surface area contributed by atoms with Gasteiger partial charge in [0.2, 0.25) is 5.91 Å². The highest BCUT2D eigenvalue weighted by molar-refractivity contribution is 8.00. The maximum absolute atomic E-state index is 13.6. The first-order chi connectivity index (χ1) is 15.8. The summed E-state index contributed by atoms with van der Waals surface area (Å²) < 4.78 is 53.5. The minimum Gasteiger partial charge on any atom is -0.376 e. The molecule has 5 nitrogen and oxygen atoms in total. The molecule has 0 radical (unpaired) electrons. The molecule has 186 valence electrons. The van der Waals surface area contributed by atoms with Crippen molar-refractivity contribution < 1.29 is 27.3 Å². The van der Waals surface area contributed by atoms with Crippen LogP contribution in [0.5, 0.6) is 0 Å². The monoisotopic (exact) mass is 496 g/mol. The Bertz CT molecular complexity index is 1090. The number of hydrogen-bond acceptors (Lipinski definition) is 4. The van der Waals surface area contributed by atoms with E-state index in [-0.39, 0.29) is 30.2 Å². The molecule has 0 spiro atoms. The van der Waals surface area contributed by atoms with Crippen molar-refractivity contribution in [1.29, 1.82) is 0 Å². The van der Waals surface area contributed by atoms with Crippen molar-refractivity contribution in [1.82, 2.24) is 4.98 Å². The Labute approximate surface area is 198 Å². The summed E-state index contributed by atoms with van der Waals surface area (Å²) in [7, 11) is -2.44. The number of aromatic nitrogens is 1. The molecule has 1 amide bonds. The van der Waals surface area contributed by atoms with E-state index < -0.39 is 27.7 Å². The van der Waals surface area contributed by atoms with Gasteiger partial charge in [0.25, 0.3) is 0 Å². The number of halogens is 3. The van der Waals surface area contributed by atoms with Crippen molar-refractivity contribution in [3.63, 3.8) is 0 Å². The van der Waals surface area contributed by atoms with Gasteiger partial charge < -0.3 is 10.4 Å². The van der Waals surface area contributed by atoms with Gasteiger partial charge in [0, 0.05) is 27.2 Å². The van der Waals surface area contributed by atoms with Gasteiger partial charge in [-0.3, -0.25) is 9.00 Å². The van der Waals surface area contributed by atoms with Gasteiger partial charge in [0.05, 0.1) is 6.42 Å². The molecule has 2 atom stereocenters. The van der Waals surface area contributed by atoms with E-state index in [0.717, 1.165) is 12.8 Å². The number of nitrogens with one attached hydrogen (secondary N) is 1. The summed E-state index contributed by atoms with van der Waals surface area (Å²) in [6.45, 7) is 3.59. The normalized spacial score (nSPS) is 17.7. The minimum absolute atomic E-state index is 0.00311. The fourth-order valence-corrected chi connectivity index (χ4v) is 5.48. The molecule has 2 aromatic rings. The van der Waals surface area contributed by atoms with Gasteiger partial charge in [-0.25, -0.2) is 4.98 Å². The Morgan fingerprint density at radius 2 is 1.85 bits per heavy atom. The van der Waals surface area contributed by atoms with E-state index >= 15 is 0 Å². The standard InChI is InChI=1S/C25H31F3N2O3S/c1-17(2)12-13-24(32,25(26,27)28)20-7-9-21(10-8-20)30-22(31)14-19-6-11-23(29-15-19)34(3,33)16-18-4-5-18/h6-11,15,17-18,32H,3-5,12-14,16H2,1-2H3,(H,30,31). The average molecular weight is 497 g/mol. The number of alkyl halides is 3. The predicted octanol–water partition coefficient (Wildman–Crippen LogP) is 4.93. The van der Waals surface area contributed by atoms with Crippen LogP contribution in [-0.2, 0) is 26.3 Å². The third-order valence-electron chi connectivity index (χ3n) is 5.94. The summed E-state index contributed by atoms with van der Waals surface area (Å²) >= 11 is 0. The second-order valence-electron chi connectivity index (χ2n) is 9.52. The van der Waals surface area contributed by atoms with E-state index in [4.69, 9.17) is 0 Å². The molecule has 2 unspecified atom stereocenters. The highest BCUT2D eigenvalue weighted by atomic mass is 32.2. The number of carbonyl (C=O) groups is 1. The maximum atomic E-state index is 13.6. The van der Waals surface area contributed by atoms with E-state index in [9.17, 15) is 27.3 Å². The third kappa shape index (κ3) is 6.60. The van der Waals surface area contributed by atoms with E-state index in [1.54, 1.807) is 26.0 Å². The van der Waals surface area contributed by atoms with Crippen molar-refractivity contribution in [3.8, 4) is 0 Å². The van der Waals surface area contributed by atoms with Crippen molar-refractivity contribution in [2.45, 2.75) is 62.8 Å². The number of amides is 1. The third-order valence-corrected chi connectivity index (χ3v) is 7.96. The molecule has 1 fully saturated rings. The number of benzene rings is 1. The molecule has 1 aromatic heterocycles. The van der Waals surface area contributed by atoms with Gasteiger partial charge in [-0.05, 0) is 72.7 Å². The predicted molar refractivity (Wildman–Crippen MR) is 128 cm³/mol. The SMILES string of the molecule is C=S(=O)(CC1CC1)c1ccc(CC(=O)Nc2ccc(C(O)(CCC(C)C)C(F)(F)F)cc2)cn1. The van der Waals surface area contributed by atoms with Gasteiger partial charge in [-0.2, -0.15) is 13.2 Å². The first-order valence-electron chi connectivity index (χ1n) is 11.3. The molecule has 1 aliphatic carbocycles. The fourth-order valence-electron chi connectivity index (χ4n) is 3.65. The Morgan fingerprint density at radius 1 is 1.21 bits per heavy atom. The summed E-state index contributed by atoms with van der Waals surface area (Å²) in [6.07, 6.45) is -1.42. The minimum atomic E-state index is -4.82. The number of rotatable bonds is 10. The number of anilines is 1. The molecular weight excluding hydrogens is 465 g/mol. The van der Waals surface area contributed by atoms with E-state index in [1.165, 1.54) is 30.5 Å². The molecule has 0 bridgehead atoms. The highest BCUT2D eigenvalue weighted by Gasteiger charge is 2.54. The lowest BCUT2D eigenvalue weighted by molar-refractivity contribution is -0.270. The van der Waals surface area contributed by atoms with Crippen LogP contribution >= 0.6 is 0 Å². The lowest BCUT2D eigenvalue weighted by Gasteiger charge is -2.31. The molecular formula is C25H31F3N2O3S. The second kappa shape index (κ2) is 10.1. The van der Waals surface area contributed by atoms with Crippen LogP contribution in [0, 0.1) is 11.8 Å². The van der Waals surface area contributed by atoms with Crippen LogP contribution in [0.4, 0.5) is 18.9 Å². The Kier molecular flexibility index (Phi) is 7.77. The van der Waals surface area contributed by atoms with Crippen molar-refractivity contribution in [2.24, 2.45) is 11.8 Å². The first kappa shape index (κ1) is 26.2. The van der Waals surface area contributed by atoms with Crippen molar-refractivity contribution >= 4 is 27.0 Å². The summed E-state index contributed by atoms with van der Waals surface area (Å²) in [6, 6.07) is 8.37. The lowest BCUT2D eigenvalue weighted by Crippen LogP contribution is -2.42. The summed E-state index contributed by atoms with van der Waals surface area (Å²) in [4.78, 5) is 16.6. The summed E-state index contributed by atoms with van der Waals surface area (Å²) in [5, 5.41) is 13.5. The van der Waals surface area contributed by atoms with E-state index in [2.05, 4.69) is 16.2 Å². The Balaban J connectivity index is 1.63. The summed E-state index contributed by atoms with van der Waals surface area (Å²) in [5.74, 6) is 4.43. The van der Waals surface area contributed by atoms with Crippen LogP contribution in [0.1, 0.15) is 50.7 Å². The van der Waals surface area contributed by atoms with Crippen molar-refractivity contribution in [2.75, 3.05) is 11.1 Å². The second-order valence-corrected chi connectivity index (χ2v) is 11.9. The number of hydrogen-bond donors (Lipinski definition) is 2. The Hall–Kier alpha value is -2.39. The topological polar surface area (TPSA) is 79.3 Å². The van der Waals surface area contributed by atoms with Gasteiger partial charge in [-0.1, -0.05) is 32.0 Å². The molecule has 0 saturated heterocycles. The first-order valence-corrected chi connectivity index (χ1v) is 13.2. The van der Waals surface area contributed by atoms with Gasteiger partial charge in [-0.15, -0.1) is 0 Å². The van der Waals surface area contributed by atoms with Crippen LogP contribution in [0.3, 0.4) is 0 Å².